The summed E-state index contributed by atoms with van der Waals surface area (Å²) in [5.41, 5.74) is -2.91. The lowest BCUT2D eigenvalue weighted by molar-refractivity contribution is -0.386. The molecular weight excluding hydrogens is 234 g/mol. The Morgan fingerprint density at radius 3 is 2.60 bits per heavy atom. The van der Waals surface area contributed by atoms with Gasteiger partial charge in [0.05, 0.1) is 16.9 Å². The maximum absolute atomic E-state index is 12.5. The number of nitrogens with zero attached hydrogens (tertiary/aromatic N) is 1. The average Bonchev–Trinajstić information content (AvgIpc) is 2.15. The van der Waals surface area contributed by atoms with Gasteiger partial charge in [-0.15, -0.1) is 11.6 Å². The number of nitrogens with one attached hydrogen (secondary N) is 1. The van der Waals surface area contributed by atoms with E-state index < -0.39 is 34.0 Å². The number of hydrogen-bond donors (Lipinski definition) is 1. The monoisotopic (exact) mass is 238 g/mol. The molecule has 1 aromatic heterocycles. The van der Waals surface area contributed by atoms with Gasteiger partial charge in [-0.1, -0.05) is 0 Å². The normalized spacial score (nSPS) is 10.7. The van der Waals surface area contributed by atoms with Crippen molar-refractivity contribution in [3.05, 3.63) is 37.8 Å². The second-order valence-corrected chi connectivity index (χ2v) is 2.87. The van der Waals surface area contributed by atoms with E-state index in [4.69, 9.17) is 11.6 Å². The van der Waals surface area contributed by atoms with Crippen molar-refractivity contribution in [2.45, 2.75) is 12.3 Å². The minimum Gasteiger partial charge on any atom is -0.324 e. The zero-order valence-electron chi connectivity index (χ0n) is 7.17. The molecule has 82 valence electrons. The van der Waals surface area contributed by atoms with Crippen molar-refractivity contribution in [2.24, 2.45) is 0 Å². The van der Waals surface area contributed by atoms with E-state index in [-0.39, 0.29) is 5.69 Å². The Bertz CT molecular complexity index is 446. The molecule has 0 fully saturated rings. The van der Waals surface area contributed by atoms with Crippen LogP contribution in [-0.2, 0) is 5.88 Å². The summed E-state index contributed by atoms with van der Waals surface area (Å²) in [4.78, 5) is 22.3. The van der Waals surface area contributed by atoms with Gasteiger partial charge in [0.15, 0.2) is 0 Å². The van der Waals surface area contributed by atoms with Gasteiger partial charge in [-0.3, -0.25) is 14.9 Å². The highest BCUT2D eigenvalue weighted by atomic mass is 35.5. The van der Waals surface area contributed by atoms with E-state index in [1.807, 2.05) is 4.98 Å². The highest BCUT2D eigenvalue weighted by Crippen LogP contribution is 2.30. The van der Waals surface area contributed by atoms with Crippen molar-refractivity contribution in [1.29, 1.82) is 0 Å². The molecule has 1 aromatic rings. The molecule has 0 bridgehead atoms. The van der Waals surface area contributed by atoms with Crippen LogP contribution in [0, 0.1) is 10.1 Å². The third-order valence-electron chi connectivity index (χ3n) is 1.69. The zero-order valence-corrected chi connectivity index (χ0v) is 7.92. The van der Waals surface area contributed by atoms with Gasteiger partial charge in [0.1, 0.15) is 5.56 Å². The number of aromatic nitrogens is 1. The number of alkyl halides is 3. The molecule has 8 heteroatoms. The van der Waals surface area contributed by atoms with E-state index in [0.29, 0.717) is 6.07 Å². The van der Waals surface area contributed by atoms with Gasteiger partial charge in [0.2, 0.25) is 0 Å². The molecule has 0 unspecified atom stereocenters. The predicted molar refractivity (Wildman–Crippen MR) is 48.2 cm³/mol. The number of rotatable bonds is 3. The van der Waals surface area contributed by atoms with E-state index in [0.717, 1.165) is 0 Å². The smallest absolute Gasteiger partial charge is 0.285 e. The molecular formula is C7H5ClF2N2O3. The summed E-state index contributed by atoms with van der Waals surface area (Å²) >= 11 is 5.30. The van der Waals surface area contributed by atoms with Crippen molar-refractivity contribution in [2.75, 3.05) is 0 Å². The van der Waals surface area contributed by atoms with Crippen LogP contribution in [0.1, 0.15) is 17.7 Å². The topological polar surface area (TPSA) is 76.0 Å². The molecule has 5 nitrogen and oxygen atoms in total. The molecule has 1 rings (SSSR count). The molecule has 0 atom stereocenters. The number of pyridine rings is 1. The minimum absolute atomic E-state index is 0.328. The molecule has 0 aliphatic heterocycles. The van der Waals surface area contributed by atoms with Gasteiger partial charge >= 0.3 is 0 Å². The van der Waals surface area contributed by atoms with Gasteiger partial charge < -0.3 is 4.98 Å². The first-order chi connectivity index (χ1) is 6.97. The van der Waals surface area contributed by atoms with Crippen LogP contribution in [0.3, 0.4) is 0 Å². The molecule has 1 N–H and O–H groups in total. The van der Waals surface area contributed by atoms with Gasteiger partial charge in [0.25, 0.3) is 17.7 Å². The number of aromatic amines is 1. The van der Waals surface area contributed by atoms with Crippen LogP contribution in [0.25, 0.3) is 0 Å². The Labute approximate surface area is 86.8 Å². The molecule has 0 aliphatic carbocycles. The fraction of sp³-hybridized carbons (Fsp3) is 0.286. The second kappa shape index (κ2) is 4.35. The summed E-state index contributed by atoms with van der Waals surface area (Å²) in [6.07, 6.45) is -3.06. The first kappa shape index (κ1) is 11.6. The fourth-order valence-corrected chi connectivity index (χ4v) is 1.32. The van der Waals surface area contributed by atoms with E-state index >= 15 is 0 Å². The summed E-state index contributed by atoms with van der Waals surface area (Å²) in [5.74, 6) is -0.420. The van der Waals surface area contributed by atoms with Crippen molar-refractivity contribution < 1.29 is 13.7 Å². The largest absolute Gasteiger partial charge is 0.324 e. The quantitative estimate of drug-likeness (QED) is 0.497. The summed E-state index contributed by atoms with van der Waals surface area (Å²) in [5, 5.41) is 10.4. The predicted octanol–water partition coefficient (Wildman–Crippen LogP) is 1.96. The minimum atomic E-state index is -3.06. The summed E-state index contributed by atoms with van der Waals surface area (Å²) < 4.78 is 25.0. The molecule has 0 aliphatic rings. The van der Waals surface area contributed by atoms with Crippen molar-refractivity contribution in [3.63, 3.8) is 0 Å². The highest BCUT2D eigenvalue weighted by molar-refractivity contribution is 6.17. The lowest BCUT2D eigenvalue weighted by atomic mass is 10.2. The SMILES string of the molecule is O=c1cc([N+](=O)[O-])c(C(F)F)c(CCl)[nH]1. The van der Waals surface area contributed by atoms with Crippen LogP contribution < -0.4 is 5.56 Å². The first-order valence-electron chi connectivity index (χ1n) is 3.72. The summed E-state index contributed by atoms with van der Waals surface area (Å²) in [6, 6.07) is 0.511. The van der Waals surface area contributed by atoms with Crippen LogP contribution in [0.5, 0.6) is 0 Å². The molecule has 0 spiro atoms. The van der Waals surface area contributed by atoms with E-state index in [2.05, 4.69) is 0 Å². The standard InChI is InChI=1S/C7H5ClF2N2O3/c8-2-3-6(7(9)10)4(12(14)15)1-5(13)11-3/h1,7H,2H2,(H,11,13). The Morgan fingerprint density at radius 1 is 1.60 bits per heavy atom. The molecule has 0 amide bonds. The number of hydrogen-bond acceptors (Lipinski definition) is 3. The molecule has 0 aromatic carbocycles. The van der Waals surface area contributed by atoms with E-state index in [1.54, 1.807) is 0 Å². The lowest BCUT2D eigenvalue weighted by Crippen LogP contribution is -2.13. The Hall–Kier alpha value is -1.50. The number of halogens is 3. The average molecular weight is 239 g/mol. The summed E-state index contributed by atoms with van der Waals surface area (Å²) in [7, 11) is 0. The lowest BCUT2D eigenvalue weighted by Gasteiger charge is -2.05. The number of H-pyrrole nitrogens is 1. The summed E-state index contributed by atoms with van der Waals surface area (Å²) in [6.45, 7) is 0. The molecule has 0 radical (unpaired) electrons. The van der Waals surface area contributed by atoms with E-state index in [9.17, 15) is 23.7 Å². The molecule has 0 saturated heterocycles. The van der Waals surface area contributed by atoms with Crippen LogP contribution in [0.4, 0.5) is 14.5 Å². The molecule has 0 saturated carbocycles. The Balaban J connectivity index is 3.54. The van der Waals surface area contributed by atoms with Gasteiger partial charge in [-0.05, 0) is 0 Å². The first-order valence-corrected chi connectivity index (χ1v) is 4.25. The van der Waals surface area contributed by atoms with Crippen molar-refractivity contribution in [3.8, 4) is 0 Å². The van der Waals surface area contributed by atoms with Gasteiger partial charge in [0, 0.05) is 5.69 Å². The van der Waals surface area contributed by atoms with Crippen LogP contribution in [0.15, 0.2) is 10.9 Å². The van der Waals surface area contributed by atoms with Gasteiger partial charge in [-0.2, -0.15) is 0 Å². The maximum atomic E-state index is 12.5. The fourth-order valence-electron chi connectivity index (χ4n) is 1.11. The Morgan fingerprint density at radius 2 is 2.20 bits per heavy atom. The maximum Gasteiger partial charge on any atom is 0.285 e. The van der Waals surface area contributed by atoms with E-state index in [1.165, 1.54) is 0 Å². The van der Waals surface area contributed by atoms with Crippen molar-refractivity contribution in [1.82, 2.24) is 4.98 Å². The van der Waals surface area contributed by atoms with Crippen molar-refractivity contribution >= 4 is 17.3 Å². The highest BCUT2D eigenvalue weighted by Gasteiger charge is 2.26. The molecule has 15 heavy (non-hydrogen) atoms. The van der Waals surface area contributed by atoms with Gasteiger partial charge in [-0.25, -0.2) is 8.78 Å². The Kier molecular flexibility index (Phi) is 3.35. The number of nitro groups is 1. The third kappa shape index (κ3) is 2.30. The second-order valence-electron chi connectivity index (χ2n) is 2.60. The zero-order chi connectivity index (χ0) is 11.6. The molecule has 1 heterocycles. The third-order valence-corrected chi connectivity index (χ3v) is 1.96. The van der Waals surface area contributed by atoms with Crippen LogP contribution in [0.2, 0.25) is 0 Å². The van der Waals surface area contributed by atoms with Crippen LogP contribution >= 0.6 is 11.6 Å². The van der Waals surface area contributed by atoms with Crippen LogP contribution in [-0.4, -0.2) is 9.91 Å².